The summed E-state index contributed by atoms with van der Waals surface area (Å²) in [6, 6.07) is -0.0362. The first kappa shape index (κ1) is 16.4. The van der Waals surface area contributed by atoms with E-state index >= 15 is 0 Å². The third kappa shape index (κ3) is 7.34. The molecular weight excluding hydrogens is 218 g/mol. The average molecular weight is 245 g/mol. The Kier molecular flexibility index (Phi) is 7.39. The number of nitrogens with one attached hydrogen (secondary N) is 1. The van der Waals surface area contributed by atoms with Crippen LogP contribution >= 0.6 is 0 Å². The molecule has 4 heteroatoms. The van der Waals surface area contributed by atoms with Crippen molar-refractivity contribution < 1.29 is 14.3 Å². The predicted octanol–water partition coefficient (Wildman–Crippen LogP) is 2.12. The highest BCUT2D eigenvalue weighted by molar-refractivity contribution is 5.75. The molecule has 102 valence electrons. The first-order chi connectivity index (χ1) is 7.82. The minimum Gasteiger partial charge on any atom is -0.468 e. The highest BCUT2D eigenvalue weighted by Crippen LogP contribution is 2.14. The van der Waals surface area contributed by atoms with Crippen molar-refractivity contribution in [1.82, 2.24) is 5.32 Å². The van der Waals surface area contributed by atoms with E-state index in [2.05, 4.69) is 26.1 Å². The molecule has 0 heterocycles. The van der Waals surface area contributed by atoms with Gasteiger partial charge in [0.15, 0.2) is 0 Å². The van der Waals surface area contributed by atoms with E-state index in [-0.39, 0.29) is 23.7 Å². The van der Waals surface area contributed by atoms with Crippen LogP contribution in [0.5, 0.6) is 0 Å². The quantitative estimate of drug-likeness (QED) is 0.665. The Morgan fingerprint density at radius 1 is 1.35 bits per heavy atom. The van der Waals surface area contributed by atoms with Crippen molar-refractivity contribution in [2.45, 2.75) is 65.1 Å². The molecule has 0 aromatic heterocycles. The molecule has 0 aliphatic heterocycles. The molecule has 0 aliphatic carbocycles. The molecule has 1 N–H and O–H groups in total. The summed E-state index contributed by atoms with van der Waals surface area (Å²) in [4.78, 5) is 11.5. The van der Waals surface area contributed by atoms with Crippen LogP contribution in [0, 0.1) is 0 Å². The van der Waals surface area contributed by atoms with E-state index in [0.29, 0.717) is 13.0 Å². The smallest absolute Gasteiger partial charge is 0.322 e. The molecule has 0 fully saturated rings. The monoisotopic (exact) mass is 245 g/mol. The normalized spacial score (nSPS) is 13.8. The van der Waals surface area contributed by atoms with Crippen LogP contribution in [-0.4, -0.2) is 37.4 Å². The maximum atomic E-state index is 11.5. The van der Waals surface area contributed by atoms with Gasteiger partial charge in [0.1, 0.15) is 6.04 Å². The first-order valence-corrected chi connectivity index (χ1v) is 6.30. The van der Waals surface area contributed by atoms with Crippen LogP contribution in [0.25, 0.3) is 0 Å². The van der Waals surface area contributed by atoms with E-state index in [1.807, 2.05) is 13.8 Å². The van der Waals surface area contributed by atoms with E-state index in [1.165, 1.54) is 7.11 Å². The molecule has 0 amide bonds. The van der Waals surface area contributed by atoms with E-state index in [4.69, 9.17) is 9.47 Å². The number of hydrogen-bond donors (Lipinski definition) is 1. The Bertz CT molecular complexity index is 227. The van der Waals surface area contributed by atoms with Gasteiger partial charge in [-0.1, -0.05) is 20.8 Å². The fraction of sp³-hybridized carbons (Fsp3) is 0.923. The average Bonchev–Trinajstić information content (AvgIpc) is 2.26. The number of methoxy groups -OCH3 is 1. The lowest BCUT2D eigenvalue weighted by atomic mass is 10.1. The number of esters is 1. The van der Waals surface area contributed by atoms with Crippen LogP contribution in [-0.2, 0) is 14.3 Å². The summed E-state index contributed by atoms with van der Waals surface area (Å²) in [5, 5.41) is 3.18. The molecule has 0 aliphatic rings. The highest BCUT2D eigenvalue weighted by Gasteiger charge is 2.21. The largest absolute Gasteiger partial charge is 0.468 e. The van der Waals surface area contributed by atoms with Gasteiger partial charge in [-0.3, -0.25) is 4.79 Å². The molecule has 0 saturated heterocycles. The number of carbonyl (C=O) groups is 1. The van der Waals surface area contributed by atoms with Gasteiger partial charge in [0.05, 0.1) is 12.7 Å². The molecule has 0 aromatic rings. The third-order valence-corrected chi connectivity index (χ3v) is 2.77. The van der Waals surface area contributed by atoms with Gasteiger partial charge in [-0.05, 0) is 26.7 Å². The summed E-state index contributed by atoms with van der Waals surface area (Å²) in [5.74, 6) is -0.225. The van der Waals surface area contributed by atoms with Gasteiger partial charge >= 0.3 is 5.97 Å². The predicted molar refractivity (Wildman–Crippen MR) is 69.0 cm³/mol. The standard InChI is InChI=1S/C13H27NO3/c1-7-13(4,5)17-9-8-11(12(15)16-6)14-10(2)3/h10-11,14H,7-9H2,1-6H3. The van der Waals surface area contributed by atoms with E-state index in [0.717, 1.165) is 6.42 Å². The number of ether oxygens (including phenoxy) is 2. The van der Waals surface area contributed by atoms with Gasteiger partial charge in [0.2, 0.25) is 0 Å². The molecule has 1 unspecified atom stereocenters. The molecule has 4 nitrogen and oxygen atoms in total. The lowest BCUT2D eigenvalue weighted by Gasteiger charge is -2.25. The van der Waals surface area contributed by atoms with Gasteiger partial charge in [-0.2, -0.15) is 0 Å². The summed E-state index contributed by atoms with van der Waals surface area (Å²) in [6.07, 6.45) is 1.59. The lowest BCUT2D eigenvalue weighted by Crippen LogP contribution is -2.42. The van der Waals surface area contributed by atoms with Gasteiger partial charge in [0, 0.05) is 12.6 Å². The van der Waals surface area contributed by atoms with E-state index in [9.17, 15) is 4.79 Å². The Balaban J connectivity index is 4.13. The molecule has 0 saturated carbocycles. The number of hydrogen-bond acceptors (Lipinski definition) is 4. The number of carbonyl (C=O) groups excluding carboxylic acids is 1. The van der Waals surface area contributed by atoms with Crippen molar-refractivity contribution >= 4 is 5.97 Å². The van der Waals surface area contributed by atoms with Crippen molar-refractivity contribution in [2.24, 2.45) is 0 Å². The first-order valence-electron chi connectivity index (χ1n) is 6.30. The molecular formula is C13H27NO3. The lowest BCUT2D eigenvalue weighted by molar-refractivity contribution is -0.144. The van der Waals surface area contributed by atoms with Crippen LogP contribution in [0.3, 0.4) is 0 Å². The van der Waals surface area contributed by atoms with Crippen molar-refractivity contribution in [1.29, 1.82) is 0 Å². The van der Waals surface area contributed by atoms with Crippen molar-refractivity contribution in [3.05, 3.63) is 0 Å². The van der Waals surface area contributed by atoms with Gasteiger partial charge < -0.3 is 14.8 Å². The van der Waals surface area contributed by atoms with Crippen LogP contribution in [0.2, 0.25) is 0 Å². The second-order valence-electron chi connectivity index (χ2n) is 5.15. The second kappa shape index (κ2) is 7.67. The molecule has 0 radical (unpaired) electrons. The van der Waals surface area contributed by atoms with Crippen molar-refractivity contribution in [3.63, 3.8) is 0 Å². The minimum atomic E-state index is -0.285. The maximum absolute atomic E-state index is 11.5. The Hall–Kier alpha value is -0.610. The fourth-order valence-electron chi connectivity index (χ4n) is 1.37. The zero-order valence-electron chi connectivity index (χ0n) is 12.0. The van der Waals surface area contributed by atoms with E-state index < -0.39 is 0 Å². The van der Waals surface area contributed by atoms with Crippen LogP contribution in [0.15, 0.2) is 0 Å². The van der Waals surface area contributed by atoms with Crippen LogP contribution in [0.4, 0.5) is 0 Å². The minimum absolute atomic E-state index is 0.126. The SMILES string of the molecule is CCC(C)(C)OCCC(NC(C)C)C(=O)OC. The molecule has 1 atom stereocenters. The topological polar surface area (TPSA) is 47.6 Å². The van der Waals surface area contributed by atoms with Gasteiger partial charge in [-0.25, -0.2) is 0 Å². The summed E-state index contributed by atoms with van der Waals surface area (Å²) in [5.41, 5.74) is -0.126. The highest BCUT2D eigenvalue weighted by atomic mass is 16.5. The molecule has 17 heavy (non-hydrogen) atoms. The second-order valence-corrected chi connectivity index (χ2v) is 5.15. The zero-order chi connectivity index (χ0) is 13.5. The zero-order valence-corrected chi connectivity index (χ0v) is 12.0. The third-order valence-electron chi connectivity index (χ3n) is 2.77. The Morgan fingerprint density at radius 2 is 1.94 bits per heavy atom. The summed E-state index contributed by atoms with van der Waals surface area (Å²) < 4.78 is 10.5. The maximum Gasteiger partial charge on any atom is 0.322 e. The molecule has 0 spiro atoms. The fourth-order valence-corrected chi connectivity index (χ4v) is 1.37. The Morgan fingerprint density at radius 3 is 2.35 bits per heavy atom. The Labute approximate surface area is 105 Å². The van der Waals surface area contributed by atoms with Gasteiger partial charge in [0.25, 0.3) is 0 Å². The molecule has 0 bridgehead atoms. The summed E-state index contributed by atoms with van der Waals surface area (Å²) in [7, 11) is 1.41. The van der Waals surface area contributed by atoms with Crippen LogP contribution < -0.4 is 5.32 Å². The summed E-state index contributed by atoms with van der Waals surface area (Å²) >= 11 is 0. The molecule has 0 aromatic carbocycles. The van der Waals surface area contributed by atoms with Gasteiger partial charge in [-0.15, -0.1) is 0 Å². The summed E-state index contributed by atoms with van der Waals surface area (Å²) in [6.45, 7) is 10.8. The van der Waals surface area contributed by atoms with Crippen molar-refractivity contribution in [3.8, 4) is 0 Å². The van der Waals surface area contributed by atoms with Crippen molar-refractivity contribution in [2.75, 3.05) is 13.7 Å². The number of rotatable bonds is 8. The van der Waals surface area contributed by atoms with E-state index in [1.54, 1.807) is 0 Å². The van der Waals surface area contributed by atoms with Crippen LogP contribution in [0.1, 0.15) is 47.5 Å². The molecule has 0 rings (SSSR count).